The first-order valence-electron chi connectivity index (χ1n) is 14.2. The summed E-state index contributed by atoms with van der Waals surface area (Å²) in [5, 5.41) is 10.9. The Morgan fingerprint density at radius 1 is 0.909 bits per heavy atom. The highest BCUT2D eigenvalue weighted by atomic mass is 32.2. The molecule has 44 heavy (non-hydrogen) atoms. The maximum Gasteiger partial charge on any atom is 0.418 e. The predicted octanol–water partition coefficient (Wildman–Crippen LogP) is 7.37. The Bertz CT molecular complexity index is 1570. The summed E-state index contributed by atoms with van der Waals surface area (Å²) in [7, 11) is 3.20. The molecular formula is C33H35F3N4O3S. The minimum atomic E-state index is -4.60. The van der Waals surface area contributed by atoms with Gasteiger partial charge in [0, 0.05) is 24.6 Å². The molecule has 0 radical (unpaired) electrons. The molecule has 0 spiro atoms. The summed E-state index contributed by atoms with van der Waals surface area (Å²) in [6, 6.07) is 16.7. The van der Waals surface area contributed by atoms with Crippen LogP contribution in [-0.2, 0) is 32.1 Å². The van der Waals surface area contributed by atoms with Crippen LogP contribution in [0.4, 0.5) is 19.0 Å². The fraction of sp³-hybridized carbons (Fsp3) is 0.364. The molecule has 2 heterocycles. The maximum absolute atomic E-state index is 14.7. The standard InChI is InChI=1S/C33H35F3N4O3S/c1-19-14-26-27(37-32(44-5)39-31(26)41)16-25(19)30-29(33(34,35)36)20(2)15-28(38-30)40(17-21-6-10-23(42-3)11-7-21)18-22-8-12-24(43-4)13-9-22/h6-13,15,19,25H,14,16-18H2,1-5H3,(H,37,39,41). The van der Waals surface area contributed by atoms with E-state index in [-0.39, 0.29) is 29.5 Å². The number of halogens is 3. The van der Waals surface area contributed by atoms with Crippen LogP contribution in [0.1, 0.15) is 52.0 Å². The third-order valence-corrected chi connectivity index (χ3v) is 8.66. The fourth-order valence-corrected chi connectivity index (χ4v) is 6.18. The molecule has 0 saturated carbocycles. The van der Waals surface area contributed by atoms with Gasteiger partial charge in [0.25, 0.3) is 0 Å². The number of aromatic hydroxyl groups is 1. The largest absolute Gasteiger partial charge is 0.497 e. The minimum Gasteiger partial charge on any atom is -0.497 e. The van der Waals surface area contributed by atoms with E-state index in [1.807, 2.05) is 60.4 Å². The van der Waals surface area contributed by atoms with Crippen molar-refractivity contribution in [2.75, 3.05) is 25.4 Å². The lowest BCUT2D eigenvalue weighted by molar-refractivity contribution is -0.139. The van der Waals surface area contributed by atoms with Gasteiger partial charge in [-0.25, -0.2) is 9.97 Å². The number of methoxy groups -OCH3 is 2. The first-order chi connectivity index (χ1) is 21.0. The van der Waals surface area contributed by atoms with Crippen molar-refractivity contribution in [2.24, 2.45) is 5.92 Å². The van der Waals surface area contributed by atoms with Gasteiger partial charge >= 0.3 is 6.18 Å². The number of anilines is 1. The van der Waals surface area contributed by atoms with Crippen LogP contribution in [-0.4, -0.2) is 40.5 Å². The number of benzene rings is 2. The van der Waals surface area contributed by atoms with E-state index in [0.717, 1.165) is 11.1 Å². The zero-order valence-electron chi connectivity index (χ0n) is 25.3. The number of ether oxygens (including phenoxy) is 2. The van der Waals surface area contributed by atoms with Gasteiger partial charge in [-0.15, -0.1) is 0 Å². The number of aromatic nitrogens is 3. The SMILES string of the molecule is COc1ccc(CN(Cc2ccc(OC)cc2)c2cc(C)c(C(F)(F)F)c(C3Cc4nc(SC)nc(O)c4CC3C)n2)cc1. The van der Waals surface area contributed by atoms with Crippen LogP contribution in [0.15, 0.2) is 59.8 Å². The number of hydrogen-bond donors (Lipinski definition) is 1. The van der Waals surface area contributed by atoms with Gasteiger partial charge in [0.05, 0.1) is 31.2 Å². The van der Waals surface area contributed by atoms with Gasteiger partial charge in [-0.05, 0) is 79.0 Å². The van der Waals surface area contributed by atoms with E-state index in [0.29, 0.717) is 53.2 Å². The number of thioether (sulfide) groups is 1. The van der Waals surface area contributed by atoms with E-state index in [9.17, 15) is 18.3 Å². The monoisotopic (exact) mass is 624 g/mol. The highest BCUT2D eigenvalue weighted by molar-refractivity contribution is 7.98. The van der Waals surface area contributed by atoms with Crippen LogP contribution < -0.4 is 14.4 Å². The van der Waals surface area contributed by atoms with Crippen LogP contribution in [0.2, 0.25) is 0 Å². The Labute approximate surface area is 259 Å². The van der Waals surface area contributed by atoms with E-state index in [2.05, 4.69) is 9.97 Å². The summed E-state index contributed by atoms with van der Waals surface area (Å²) in [6.45, 7) is 4.21. The van der Waals surface area contributed by atoms with Gasteiger partial charge < -0.3 is 19.5 Å². The molecule has 0 saturated heterocycles. The summed E-state index contributed by atoms with van der Waals surface area (Å²) in [5.74, 6) is 0.969. The molecule has 2 aromatic heterocycles. The van der Waals surface area contributed by atoms with Gasteiger partial charge in [-0.1, -0.05) is 43.0 Å². The Hall–Kier alpha value is -3.99. The van der Waals surface area contributed by atoms with Crippen LogP contribution in [0.3, 0.4) is 0 Å². The highest BCUT2D eigenvalue weighted by Gasteiger charge is 2.42. The maximum atomic E-state index is 14.7. The van der Waals surface area contributed by atoms with Crippen LogP contribution >= 0.6 is 11.8 Å². The molecular weight excluding hydrogens is 589 g/mol. The minimum absolute atomic E-state index is 0.00363. The van der Waals surface area contributed by atoms with Crippen molar-refractivity contribution in [2.45, 2.75) is 57.0 Å². The third kappa shape index (κ3) is 6.72. The summed E-state index contributed by atoms with van der Waals surface area (Å²) in [4.78, 5) is 15.5. The second kappa shape index (κ2) is 12.9. The van der Waals surface area contributed by atoms with Crippen LogP contribution in [0, 0.1) is 12.8 Å². The van der Waals surface area contributed by atoms with Crippen LogP contribution in [0.5, 0.6) is 17.4 Å². The number of nitrogens with zero attached hydrogens (tertiary/aromatic N) is 4. The van der Waals surface area contributed by atoms with Crippen molar-refractivity contribution >= 4 is 17.6 Å². The van der Waals surface area contributed by atoms with Crippen molar-refractivity contribution in [1.29, 1.82) is 0 Å². The number of rotatable bonds is 9. The zero-order valence-corrected chi connectivity index (χ0v) is 26.1. The number of hydrogen-bond acceptors (Lipinski definition) is 8. The molecule has 0 bridgehead atoms. The summed E-state index contributed by atoms with van der Waals surface area (Å²) in [6.07, 6.45) is -2.24. The molecule has 0 fully saturated rings. The second-order valence-corrected chi connectivity index (χ2v) is 11.8. The van der Waals surface area contributed by atoms with Crippen molar-refractivity contribution in [3.05, 3.63) is 93.8 Å². The second-order valence-electron chi connectivity index (χ2n) is 11.1. The van der Waals surface area contributed by atoms with Gasteiger partial charge in [0.1, 0.15) is 17.3 Å². The van der Waals surface area contributed by atoms with Gasteiger partial charge in [-0.3, -0.25) is 0 Å². The molecule has 0 amide bonds. The molecule has 232 valence electrons. The molecule has 1 N–H and O–H groups in total. The van der Waals surface area contributed by atoms with Gasteiger partial charge in [-0.2, -0.15) is 18.2 Å². The average molecular weight is 625 g/mol. The van der Waals surface area contributed by atoms with E-state index < -0.39 is 17.7 Å². The fourth-order valence-electron chi connectivity index (χ4n) is 5.80. The molecule has 2 unspecified atom stereocenters. The predicted molar refractivity (Wildman–Crippen MR) is 165 cm³/mol. The van der Waals surface area contributed by atoms with Crippen LogP contribution in [0.25, 0.3) is 0 Å². The van der Waals surface area contributed by atoms with E-state index in [1.165, 1.54) is 24.8 Å². The quantitative estimate of drug-likeness (QED) is 0.153. The molecule has 2 aromatic carbocycles. The first kappa shape index (κ1) is 31.4. The average Bonchev–Trinajstić information content (AvgIpc) is 3.00. The number of pyridine rings is 1. The Balaban J connectivity index is 1.61. The molecule has 1 aliphatic carbocycles. The topological polar surface area (TPSA) is 80.6 Å². The van der Waals surface area contributed by atoms with E-state index in [4.69, 9.17) is 14.5 Å². The summed E-state index contributed by atoms with van der Waals surface area (Å²) in [5.41, 5.74) is 2.47. The smallest absolute Gasteiger partial charge is 0.418 e. The van der Waals surface area contributed by atoms with Crippen molar-refractivity contribution in [3.8, 4) is 17.4 Å². The van der Waals surface area contributed by atoms with Crippen molar-refractivity contribution < 1.29 is 27.8 Å². The lowest BCUT2D eigenvalue weighted by atomic mass is 9.75. The normalized spacial score (nSPS) is 16.4. The number of fused-ring (bicyclic) bond motifs is 1. The third-order valence-electron chi connectivity index (χ3n) is 8.11. The summed E-state index contributed by atoms with van der Waals surface area (Å²) < 4.78 is 54.7. The molecule has 11 heteroatoms. The van der Waals surface area contributed by atoms with Crippen molar-refractivity contribution in [3.63, 3.8) is 0 Å². The highest BCUT2D eigenvalue weighted by Crippen LogP contribution is 2.45. The molecule has 1 aliphatic rings. The lowest BCUT2D eigenvalue weighted by Crippen LogP contribution is -2.29. The molecule has 5 rings (SSSR count). The zero-order chi connectivity index (χ0) is 31.6. The molecule has 4 aromatic rings. The van der Waals surface area contributed by atoms with E-state index in [1.54, 1.807) is 20.5 Å². The van der Waals surface area contributed by atoms with Gasteiger partial charge in [0.2, 0.25) is 5.88 Å². The van der Waals surface area contributed by atoms with Crippen molar-refractivity contribution in [1.82, 2.24) is 15.0 Å². The molecule has 7 nitrogen and oxygen atoms in total. The Morgan fingerprint density at radius 3 is 1.98 bits per heavy atom. The first-order valence-corrected chi connectivity index (χ1v) is 15.5. The molecule has 0 aliphatic heterocycles. The Kier molecular flexibility index (Phi) is 9.24. The summed E-state index contributed by atoms with van der Waals surface area (Å²) >= 11 is 1.28. The number of aryl methyl sites for hydroxylation is 1. The molecule has 2 atom stereocenters. The lowest BCUT2D eigenvalue weighted by Gasteiger charge is -2.33. The Morgan fingerprint density at radius 2 is 1.48 bits per heavy atom. The number of alkyl halides is 3. The van der Waals surface area contributed by atoms with Gasteiger partial charge in [0.15, 0.2) is 5.16 Å². The van der Waals surface area contributed by atoms with E-state index >= 15 is 0 Å².